The summed E-state index contributed by atoms with van der Waals surface area (Å²) >= 11 is 1.58. The van der Waals surface area contributed by atoms with Gasteiger partial charge in [-0.2, -0.15) is 5.10 Å². The summed E-state index contributed by atoms with van der Waals surface area (Å²) in [5, 5.41) is 38.2. The molecule has 5 heterocycles. The highest BCUT2D eigenvalue weighted by molar-refractivity contribution is 7.22. The largest absolute Gasteiger partial charge is 0.476 e. The van der Waals surface area contributed by atoms with Gasteiger partial charge in [-0.3, -0.25) is 4.68 Å². The molecule has 0 amide bonds. The van der Waals surface area contributed by atoms with Crippen LogP contribution in [0.4, 0.5) is 22.6 Å². The summed E-state index contributed by atoms with van der Waals surface area (Å²) in [5.41, 5.74) is 5.62. The number of thiazole rings is 1. The fourth-order valence-corrected chi connectivity index (χ4v) is 13.2. The Morgan fingerprint density at radius 3 is 2.53 bits per heavy atom. The molecule has 59 heavy (non-hydrogen) atoms. The molecule has 4 aromatic heterocycles. The van der Waals surface area contributed by atoms with Gasteiger partial charge in [0.1, 0.15) is 5.82 Å². The zero-order valence-corrected chi connectivity index (χ0v) is 35.9. The van der Waals surface area contributed by atoms with Gasteiger partial charge < -0.3 is 30.1 Å². The molecule has 4 atom stereocenters. The third kappa shape index (κ3) is 7.62. The van der Waals surface area contributed by atoms with E-state index in [0.29, 0.717) is 36.2 Å². The first-order chi connectivity index (χ1) is 28.3. The number of carbonyl (C=O) groups is 1. The highest BCUT2D eigenvalue weighted by Gasteiger charge is 2.66. The van der Waals surface area contributed by atoms with Crippen molar-refractivity contribution >= 4 is 50.1 Å². The van der Waals surface area contributed by atoms with E-state index in [9.17, 15) is 15.0 Å². The third-order valence-electron chi connectivity index (χ3n) is 13.6. The van der Waals surface area contributed by atoms with Crippen LogP contribution < -0.4 is 10.2 Å². The van der Waals surface area contributed by atoms with Crippen LogP contribution in [0.25, 0.3) is 21.3 Å². The number of aliphatic hydroxyl groups is 1. The van der Waals surface area contributed by atoms with Crippen LogP contribution in [-0.4, -0.2) is 96.5 Å². The molecule has 312 valence electrons. The van der Waals surface area contributed by atoms with E-state index in [0.717, 1.165) is 115 Å². The normalized spacial score (nSPS) is 25.9. The predicted molar refractivity (Wildman–Crippen MR) is 231 cm³/mol. The molecule has 13 nitrogen and oxygen atoms in total. The van der Waals surface area contributed by atoms with Gasteiger partial charge in [0.15, 0.2) is 22.5 Å². The summed E-state index contributed by atoms with van der Waals surface area (Å²) in [6, 6.07) is 11.8. The highest BCUT2D eigenvalue weighted by atomic mass is 32.1. The first-order valence-electron chi connectivity index (χ1n) is 21.3. The molecular formula is C45H57N9O4S. The number of aliphatic hydroxyl groups excluding tert-OH is 1. The number of aromatic nitrogens is 6. The molecule has 4 bridgehead atoms. The van der Waals surface area contributed by atoms with Crippen LogP contribution in [-0.2, 0) is 17.7 Å². The Kier molecular flexibility index (Phi) is 10.3. The monoisotopic (exact) mass is 819 g/mol. The lowest BCUT2D eigenvalue weighted by Crippen LogP contribution is -2.64. The van der Waals surface area contributed by atoms with Crippen LogP contribution in [0.3, 0.4) is 0 Å². The highest BCUT2D eigenvalue weighted by Crippen LogP contribution is 2.72. The quantitative estimate of drug-likeness (QED) is 0.0871. The minimum absolute atomic E-state index is 0.000384. The molecule has 0 radical (unpaired) electrons. The predicted octanol–water partition coefficient (Wildman–Crippen LogP) is 8.33. The van der Waals surface area contributed by atoms with E-state index >= 15 is 0 Å². The molecule has 1 aliphatic heterocycles. The Labute approximate surface area is 350 Å². The van der Waals surface area contributed by atoms with Gasteiger partial charge in [-0.15, -0.1) is 10.2 Å². The average Bonchev–Trinajstić information content (AvgIpc) is 3.75. The molecule has 2 unspecified atom stereocenters. The number of hydrogen-bond acceptors (Lipinski definition) is 12. The Bertz CT molecular complexity index is 2340. The number of unbranched alkanes of at least 4 members (excludes halogenated alkanes) is 1. The zero-order valence-electron chi connectivity index (χ0n) is 35.1. The fourth-order valence-electron chi connectivity index (χ4n) is 12.3. The number of likely N-dealkylation sites (N-methyl/N-ethyl adjacent to an activating group) is 1. The van der Waals surface area contributed by atoms with E-state index in [4.69, 9.17) is 19.8 Å². The summed E-state index contributed by atoms with van der Waals surface area (Å²) in [5.74, 6) is 0.826. The van der Waals surface area contributed by atoms with Gasteiger partial charge in [0.25, 0.3) is 0 Å². The standard InChI is InChI=1S/C45H57N9O4S/c1-29-31-11-10-17-53(39(31)51-50-38(29)49-41-47-34-12-6-7-13-35(34)59-41)36-15-14-32(37(48-36)40(56)57)33-21-46-54(30(33)2)28-44-23-42(3)22-43(4,24-44)26-45(25-42,27-44)58-20-18-52(5)16-8-9-19-55/h6-7,12-15,21,55H,8-11,16-20,22-28H2,1-5H3,(H,56,57)(H,47,49,50)/t42-,43+,44?,45?. The summed E-state index contributed by atoms with van der Waals surface area (Å²) in [4.78, 5) is 26.8. The average molecular weight is 820 g/mol. The number of para-hydroxylation sites is 1. The van der Waals surface area contributed by atoms with Gasteiger partial charge >= 0.3 is 5.97 Å². The maximum Gasteiger partial charge on any atom is 0.355 e. The molecule has 0 spiro atoms. The number of carboxylic acid groups (broad SMARTS) is 1. The molecule has 3 N–H and O–H groups in total. The Morgan fingerprint density at radius 1 is 0.966 bits per heavy atom. The van der Waals surface area contributed by atoms with Crippen molar-refractivity contribution < 1.29 is 19.7 Å². The van der Waals surface area contributed by atoms with E-state index in [2.05, 4.69) is 59.0 Å². The van der Waals surface area contributed by atoms with Crippen LogP contribution >= 0.6 is 11.3 Å². The van der Waals surface area contributed by atoms with Crippen molar-refractivity contribution in [2.45, 2.75) is 104 Å². The molecule has 4 saturated carbocycles. The van der Waals surface area contributed by atoms with E-state index in [1.54, 1.807) is 11.3 Å². The number of nitrogens with one attached hydrogen (secondary N) is 1. The van der Waals surface area contributed by atoms with Crippen molar-refractivity contribution in [2.75, 3.05) is 50.1 Å². The maximum absolute atomic E-state index is 13.0. The SMILES string of the molecule is Cc1c(Nc2nc3ccccc3s2)nnc2c1CCCN2c1ccc(-c2cnn(CC34CC5(OCCN(C)CCCCO)C[C@](C)(C3)C[C@](C)(C4)C5)c2C)c(C(=O)O)n1. The number of carboxylic acids is 1. The van der Waals surface area contributed by atoms with Crippen LogP contribution in [0.5, 0.6) is 0 Å². The third-order valence-corrected chi connectivity index (χ3v) is 14.6. The molecular weight excluding hydrogens is 763 g/mol. The lowest BCUT2D eigenvalue weighted by atomic mass is 9.39. The first-order valence-corrected chi connectivity index (χ1v) is 22.1. The van der Waals surface area contributed by atoms with Gasteiger partial charge in [-0.05, 0) is 132 Å². The van der Waals surface area contributed by atoms with E-state index in [1.165, 1.54) is 6.42 Å². The van der Waals surface area contributed by atoms with Crippen LogP contribution in [0, 0.1) is 30.1 Å². The van der Waals surface area contributed by atoms with Crippen LogP contribution in [0.1, 0.15) is 98.9 Å². The molecule has 14 heteroatoms. The van der Waals surface area contributed by atoms with Crippen LogP contribution in [0.15, 0.2) is 42.6 Å². The summed E-state index contributed by atoms with van der Waals surface area (Å²) in [6.07, 6.45) is 12.1. The number of pyridine rings is 1. The number of anilines is 4. The van der Waals surface area contributed by atoms with Crippen LogP contribution in [0.2, 0.25) is 0 Å². The van der Waals surface area contributed by atoms with E-state index in [1.807, 2.05) is 48.4 Å². The lowest BCUT2D eigenvalue weighted by Gasteiger charge is -2.69. The van der Waals surface area contributed by atoms with Gasteiger partial charge in [0.2, 0.25) is 0 Å². The molecule has 5 aliphatic rings. The molecule has 4 fully saturated rings. The molecule has 0 saturated heterocycles. The molecule has 4 aliphatic carbocycles. The maximum atomic E-state index is 13.0. The van der Waals surface area contributed by atoms with Gasteiger partial charge in [0, 0.05) is 54.2 Å². The Hall–Kier alpha value is -4.50. The number of benzene rings is 1. The van der Waals surface area contributed by atoms with E-state index < -0.39 is 5.97 Å². The number of rotatable bonds is 15. The van der Waals surface area contributed by atoms with E-state index in [-0.39, 0.29) is 34.1 Å². The molecule has 5 aromatic rings. The Morgan fingerprint density at radius 2 is 1.76 bits per heavy atom. The van der Waals surface area contributed by atoms with Crippen molar-refractivity contribution in [3.8, 4) is 11.1 Å². The smallest absolute Gasteiger partial charge is 0.355 e. The van der Waals surface area contributed by atoms with Gasteiger partial charge in [0.05, 0.1) is 28.6 Å². The second-order valence-electron chi connectivity index (χ2n) is 19.0. The molecule has 10 rings (SSSR count). The Balaban J connectivity index is 0.948. The second kappa shape index (κ2) is 15.2. The van der Waals surface area contributed by atoms with Gasteiger partial charge in [-0.25, -0.2) is 14.8 Å². The number of nitrogens with zero attached hydrogens (tertiary/aromatic N) is 8. The zero-order chi connectivity index (χ0) is 41.2. The number of fused-ring (bicyclic) bond motifs is 2. The van der Waals surface area contributed by atoms with Crippen molar-refractivity contribution in [2.24, 2.45) is 16.2 Å². The number of ether oxygens (including phenoxy) is 1. The topological polar surface area (TPSA) is 155 Å². The minimum atomic E-state index is -1.08. The van der Waals surface area contributed by atoms with Crippen molar-refractivity contribution in [1.82, 2.24) is 34.8 Å². The number of hydrogen-bond donors (Lipinski definition) is 3. The minimum Gasteiger partial charge on any atom is -0.476 e. The number of aromatic carboxylic acids is 1. The molecule has 1 aromatic carbocycles. The summed E-state index contributed by atoms with van der Waals surface area (Å²) in [7, 11) is 2.14. The second-order valence-corrected chi connectivity index (χ2v) is 20.0. The van der Waals surface area contributed by atoms with Gasteiger partial charge in [-0.1, -0.05) is 37.3 Å². The van der Waals surface area contributed by atoms with Crippen molar-refractivity contribution in [1.29, 1.82) is 0 Å². The lowest BCUT2D eigenvalue weighted by molar-refractivity contribution is -0.248. The fraction of sp³-hybridized carbons (Fsp3) is 0.556. The summed E-state index contributed by atoms with van der Waals surface area (Å²) < 4.78 is 10.2. The van der Waals surface area contributed by atoms with Crippen molar-refractivity contribution in [3.63, 3.8) is 0 Å². The first kappa shape index (κ1) is 39.9. The van der Waals surface area contributed by atoms with Crippen molar-refractivity contribution in [3.05, 3.63) is 65.1 Å². The summed E-state index contributed by atoms with van der Waals surface area (Å²) in [6.45, 7) is 13.3.